The molecule has 1 aromatic carbocycles. The van der Waals surface area contributed by atoms with Crippen LogP contribution in [-0.4, -0.2) is 54.5 Å². The SMILES string of the molecule is Cc1cccc(OCC(=O)N2CCCCC2CCN2CCCCCC2)c1. The maximum absolute atomic E-state index is 12.8. The summed E-state index contributed by atoms with van der Waals surface area (Å²) in [7, 11) is 0. The van der Waals surface area contributed by atoms with E-state index >= 15 is 0 Å². The fourth-order valence-corrected chi connectivity index (χ4v) is 4.25. The summed E-state index contributed by atoms with van der Waals surface area (Å²) in [5.74, 6) is 0.934. The molecule has 0 aromatic heterocycles. The minimum atomic E-state index is 0.145. The molecule has 1 unspecified atom stereocenters. The lowest BCUT2D eigenvalue weighted by molar-refractivity contribution is -0.137. The predicted octanol–water partition coefficient (Wildman–Crippen LogP) is 4.02. The topological polar surface area (TPSA) is 32.8 Å². The van der Waals surface area contributed by atoms with Crippen LogP contribution in [0.2, 0.25) is 0 Å². The van der Waals surface area contributed by atoms with Gasteiger partial charge in [0, 0.05) is 19.1 Å². The Kier molecular flexibility index (Phi) is 7.36. The zero-order valence-corrected chi connectivity index (χ0v) is 16.3. The number of nitrogens with zero attached hydrogens (tertiary/aromatic N) is 2. The third-order valence-electron chi connectivity index (χ3n) is 5.78. The number of amides is 1. The van der Waals surface area contributed by atoms with Crippen LogP contribution in [0.15, 0.2) is 24.3 Å². The highest BCUT2D eigenvalue weighted by atomic mass is 16.5. The van der Waals surface area contributed by atoms with Crippen molar-refractivity contribution >= 4 is 5.91 Å². The lowest BCUT2D eigenvalue weighted by atomic mass is 9.99. The molecule has 2 saturated heterocycles. The van der Waals surface area contributed by atoms with Gasteiger partial charge in [0.2, 0.25) is 0 Å². The Hall–Kier alpha value is -1.55. The van der Waals surface area contributed by atoms with E-state index in [1.807, 2.05) is 31.2 Å². The van der Waals surface area contributed by atoms with Crippen LogP contribution in [0, 0.1) is 6.92 Å². The van der Waals surface area contributed by atoms with E-state index in [-0.39, 0.29) is 12.5 Å². The summed E-state index contributed by atoms with van der Waals surface area (Å²) >= 11 is 0. The molecule has 4 nitrogen and oxygen atoms in total. The second-order valence-electron chi connectivity index (χ2n) is 7.89. The molecule has 4 heteroatoms. The predicted molar refractivity (Wildman–Crippen MR) is 106 cm³/mol. The molecule has 2 heterocycles. The minimum absolute atomic E-state index is 0.145. The molecule has 0 radical (unpaired) electrons. The number of carbonyl (C=O) groups excluding carboxylic acids is 1. The number of piperidine rings is 1. The van der Waals surface area contributed by atoms with Gasteiger partial charge in [0.25, 0.3) is 5.91 Å². The minimum Gasteiger partial charge on any atom is -0.484 e. The first kappa shape index (κ1) is 19.2. The van der Waals surface area contributed by atoms with Gasteiger partial charge < -0.3 is 14.5 Å². The molecule has 1 atom stereocenters. The molecule has 3 rings (SSSR count). The van der Waals surface area contributed by atoms with E-state index in [0.717, 1.165) is 43.7 Å². The number of ether oxygens (including phenoxy) is 1. The molecule has 144 valence electrons. The number of rotatable bonds is 6. The van der Waals surface area contributed by atoms with Gasteiger partial charge in [0.05, 0.1) is 0 Å². The smallest absolute Gasteiger partial charge is 0.260 e. The van der Waals surface area contributed by atoms with E-state index in [1.54, 1.807) is 0 Å². The standard InChI is InChI=1S/C22H34N2O2/c1-19-9-8-11-21(17-19)26-18-22(25)24-15-7-4-10-20(24)12-16-23-13-5-2-3-6-14-23/h8-9,11,17,20H,2-7,10,12-16,18H2,1H3. The maximum atomic E-state index is 12.8. The number of hydrogen-bond donors (Lipinski definition) is 0. The van der Waals surface area contributed by atoms with Crippen molar-refractivity contribution in [2.75, 3.05) is 32.8 Å². The molecule has 2 aliphatic rings. The van der Waals surface area contributed by atoms with Gasteiger partial charge in [0.1, 0.15) is 5.75 Å². The van der Waals surface area contributed by atoms with Crippen LogP contribution in [0.3, 0.4) is 0 Å². The van der Waals surface area contributed by atoms with Gasteiger partial charge in [-0.3, -0.25) is 4.79 Å². The van der Waals surface area contributed by atoms with Crippen molar-refractivity contribution in [1.82, 2.24) is 9.80 Å². The van der Waals surface area contributed by atoms with Gasteiger partial charge in [-0.2, -0.15) is 0 Å². The average molecular weight is 359 g/mol. The molecule has 26 heavy (non-hydrogen) atoms. The van der Waals surface area contributed by atoms with Gasteiger partial charge in [-0.25, -0.2) is 0 Å². The highest BCUT2D eigenvalue weighted by Crippen LogP contribution is 2.22. The first-order valence-electron chi connectivity index (χ1n) is 10.4. The molecule has 0 bridgehead atoms. The number of likely N-dealkylation sites (tertiary alicyclic amines) is 2. The van der Waals surface area contributed by atoms with Gasteiger partial charge in [0.15, 0.2) is 6.61 Å². The Balaban J connectivity index is 1.49. The summed E-state index contributed by atoms with van der Waals surface area (Å²) < 4.78 is 5.76. The average Bonchev–Trinajstić information content (AvgIpc) is 2.93. The van der Waals surface area contributed by atoms with E-state index in [9.17, 15) is 4.79 Å². The fourth-order valence-electron chi connectivity index (χ4n) is 4.25. The van der Waals surface area contributed by atoms with Crippen LogP contribution in [-0.2, 0) is 4.79 Å². The summed E-state index contributed by atoms with van der Waals surface area (Å²) in [6.07, 6.45) is 10.0. The Bertz CT molecular complexity index is 567. The van der Waals surface area contributed by atoms with Crippen LogP contribution in [0.25, 0.3) is 0 Å². The van der Waals surface area contributed by atoms with Crippen molar-refractivity contribution < 1.29 is 9.53 Å². The van der Waals surface area contributed by atoms with Gasteiger partial charge in [-0.15, -0.1) is 0 Å². The van der Waals surface area contributed by atoms with Crippen molar-refractivity contribution in [2.45, 2.75) is 64.3 Å². The van der Waals surface area contributed by atoms with Gasteiger partial charge >= 0.3 is 0 Å². The molecular formula is C22H34N2O2. The van der Waals surface area contributed by atoms with Gasteiger partial charge in [-0.05, 0) is 76.2 Å². The van der Waals surface area contributed by atoms with Crippen LogP contribution in [0.4, 0.5) is 0 Å². The number of carbonyl (C=O) groups is 1. The zero-order chi connectivity index (χ0) is 18.2. The van der Waals surface area contributed by atoms with Crippen LogP contribution in [0.1, 0.15) is 56.9 Å². The normalized spacial score (nSPS) is 22.0. The Morgan fingerprint density at radius 3 is 2.62 bits per heavy atom. The van der Waals surface area contributed by atoms with E-state index in [4.69, 9.17) is 4.74 Å². The molecule has 0 saturated carbocycles. The molecule has 2 fully saturated rings. The van der Waals surface area contributed by atoms with Crippen molar-refractivity contribution in [3.63, 3.8) is 0 Å². The first-order chi connectivity index (χ1) is 12.7. The summed E-state index contributed by atoms with van der Waals surface area (Å²) in [5.41, 5.74) is 1.16. The third kappa shape index (κ3) is 5.73. The lowest BCUT2D eigenvalue weighted by Crippen LogP contribution is -2.47. The highest BCUT2D eigenvalue weighted by Gasteiger charge is 2.27. The molecule has 1 amide bonds. The van der Waals surface area contributed by atoms with E-state index < -0.39 is 0 Å². The van der Waals surface area contributed by atoms with E-state index in [0.29, 0.717) is 6.04 Å². The lowest BCUT2D eigenvalue weighted by Gasteiger charge is -2.37. The number of benzene rings is 1. The maximum Gasteiger partial charge on any atom is 0.260 e. The summed E-state index contributed by atoms with van der Waals surface area (Å²) in [6, 6.07) is 8.31. The molecule has 1 aromatic rings. The fraction of sp³-hybridized carbons (Fsp3) is 0.682. The van der Waals surface area contributed by atoms with E-state index in [2.05, 4.69) is 9.80 Å². The zero-order valence-electron chi connectivity index (χ0n) is 16.3. The molecule has 2 aliphatic heterocycles. The van der Waals surface area contributed by atoms with Crippen molar-refractivity contribution in [2.24, 2.45) is 0 Å². The second kappa shape index (κ2) is 9.96. The van der Waals surface area contributed by atoms with Crippen LogP contribution in [0.5, 0.6) is 5.75 Å². The van der Waals surface area contributed by atoms with Gasteiger partial charge in [-0.1, -0.05) is 25.0 Å². The largest absolute Gasteiger partial charge is 0.484 e. The second-order valence-corrected chi connectivity index (χ2v) is 7.89. The number of aryl methyl sites for hydroxylation is 1. The van der Waals surface area contributed by atoms with Crippen LogP contribution < -0.4 is 4.74 Å². The molecule has 0 aliphatic carbocycles. The third-order valence-corrected chi connectivity index (χ3v) is 5.78. The molecule has 0 N–H and O–H groups in total. The molecular weight excluding hydrogens is 324 g/mol. The van der Waals surface area contributed by atoms with Crippen LogP contribution >= 0.6 is 0 Å². The first-order valence-corrected chi connectivity index (χ1v) is 10.4. The highest BCUT2D eigenvalue weighted by molar-refractivity contribution is 5.78. The summed E-state index contributed by atoms with van der Waals surface area (Å²) in [6.45, 7) is 6.68. The van der Waals surface area contributed by atoms with Crippen molar-refractivity contribution in [1.29, 1.82) is 0 Å². The summed E-state index contributed by atoms with van der Waals surface area (Å²) in [4.78, 5) is 17.5. The molecule has 0 spiro atoms. The van der Waals surface area contributed by atoms with E-state index in [1.165, 1.54) is 45.2 Å². The van der Waals surface area contributed by atoms with Crippen molar-refractivity contribution in [3.05, 3.63) is 29.8 Å². The quantitative estimate of drug-likeness (QED) is 0.770. The monoisotopic (exact) mass is 358 g/mol. The summed E-state index contributed by atoms with van der Waals surface area (Å²) in [5, 5.41) is 0. The number of hydrogen-bond acceptors (Lipinski definition) is 3. The Labute approximate surface area is 158 Å². The Morgan fingerprint density at radius 2 is 1.85 bits per heavy atom. The van der Waals surface area contributed by atoms with Crippen molar-refractivity contribution in [3.8, 4) is 5.75 Å². The Morgan fingerprint density at radius 1 is 1.08 bits per heavy atom.